The number of fused-ring (bicyclic) bond motifs is 1. The van der Waals surface area contributed by atoms with Gasteiger partial charge in [0.2, 0.25) is 10.0 Å². The number of carbonyl (C=O) groups is 1. The lowest BCUT2D eigenvalue weighted by Gasteiger charge is -2.27. The van der Waals surface area contributed by atoms with Crippen molar-refractivity contribution in [3.63, 3.8) is 0 Å². The van der Waals surface area contributed by atoms with Gasteiger partial charge < -0.3 is 5.32 Å². The summed E-state index contributed by atoms with van der Waals surface area (Å²) in [4.78, 5) is 16.6. The van der Waals surface area contributed by atoms with Crippen LogP contribution in [-0.4, -0.2) is 43.0 Å². The molecule has 0 atom stereocenters. The molecule has 132 valence electrons. The van der Waals surface area contributed by atoms with Crippen molar-refractivity contribution in [3.05, 3.63) is 65.0 Å². The molecule has 0 unspecified atom stereocenters. The van der Waals surface area contributed by atoms with Crippen LogP contribution in [0.25, 0.3) is 0 Å². The van der Waals surface area contributed by atoms with E-state index in [1.807, 2.05) is 30.3 Å². The molecule has 2 aromatic rings. The number of sulfonamides is 1. The summed E-state index contributed by atoms with van der Waals surface area (Å²) in [7, 11) is -3.24. The fourth-order valence-electron chi connectivity index (χ4n) is 3.01. The molecule has 1 aromatic carbocycles. The Bertz CT molecular complexity index is 866. The molecule has 1 N–H and O–H groups in total. The Morgan fingerprint density at radius 1 is 1.24 bits per heavy atom. The number of amides is 1. The number of pyridine rings is 1. The van der Waals surface area contributed by atoms with E-state index in [1.54, 1.807) is 12.4 Å². The SMILES string of the molecule is CS(=O)(=O)N1CCc2c(cncc2C(=O)NCCc2ccccc2)C1. The second kappa shape index (κ2) is 7.33. The van der Waals surface area contributed by atoms with Crippen LogP contribution >= 0.6 is 0 Å². The lowest BCUT2D eigenvalue weighted by Crippen LogP contribution is -2.36. The Hall–Kier alpha value is -2.25. The van der Waals surface area contributed by atoms with Gasteiger partial charge in [0.25, 0.3) is 5.91 Å². The first kappa shape index (κ1) is 17.6. The molecule has 1 aliphatic rings. The molecule has 1 amide bonds. The normalized spacial score (nSPS) is 14.8. The predicted octanol–water partition coefficient (Wildman–Crippen LogP) is 1.37. The molecule has 0 saturated carbocycles. The Kier molecular flexibility index (Phi) is 5.15. The molecule has 0 fully saturated rings. The Balaban J connectivity index is 1.68. The van der Waals surface area contributed by atoms with Crippen molar-refractivity contribution in [2.75, 3.05) is 19.3 Å². The molecule has 6 nitrogen and oxygen atoms in total. The Labute approximate surface area is 147 Å². The molecule has 1 aliphatic heterocycles. The minimum Gasteiger partial charge on any atom is -0.352 e. The van der Waals surface area contributed by atoms with Crippen LogP contribution in [0.15, 0.2) is 42.7 Å². The quantitative estimate of drug-likeness (QED) is 0.874. The fraction of sp³-hybridized carbons (Fsp3) is 0.333. The Morgan fingerprint density at radius 3 is 2.72 bits per heavy atom. The summed E-state index contributed by atoms with van der Waals surface area (Å²) < 4.78 is 24.8. The number of hydrogen-bond acceptors (Lipinski definition) is 4. The van der Waals surface area contributed by atoms with Crippen LogP contribution in [0.4, 0.5) is 0 Å². The van der Waals surface area contributed by atoms with Gasteiger partial charge in [-0.1, -0.05) is 30.3 Å². The van der Waals surface area contributed by atoms with Gasteiger partial charge in [0.05, 0.1) is 11.8 Å². The molecule has 0 bridgehead atoms. The van der Waals surface area contributed by atoms with Gasteiger partial charge in [-0.05, 0) is 29.5 Å². The van der Waals surface area contributed by atoms with Crippen LogP contribution in [0.3, 0.4) is 0 Å². The lowest BCUT2D eigenvalue weighted by atomic mass is 9.98. The highest BCUT2D eigenvalue weighted by atomic mass is 32.2. The molecule has 0 saturated heterocycles. The molecule has 7 heteroatoms. The van der Waals surface area contributed by atoms with E-state index in [0.29, 0.717) is 25.1 Å². The van der Waals surface area contributed by atoms with E-state index in [1.165, 1.54) is 16.1 Å². The summed E-state index contributed by atoms with van der Waals surface area (Å²) in [6.45, 7) is 1.20. The molecule has 1 aromatic heterocycles. The first-order valence-electron chi connectivity index (χ1n) is 8.18. The average Bonchev–Trinajstić information content (AvgIpc) is 2.60. The number of aromatic nitrogens is 1. The van der Waals surface area contributed by atoms with Gasteiger partial charge in [-0.2, -0.15) is 4.31 Å². The maximum absolute atomic E-state index is 12.5. The van der Waals surface area contributed by atoms with Crippen molar-refractivity contribution < 1.29 is 13.2 Å². The standard InChI is InChI=1S/C18H21N3O3S/c1-25(23,24)21-10-8-16-15(13-21)11-19-12-17(16)18(22)20-9-7-14-5-3-2-4-6-14/h2-6,11-12H,7-10,13H2,1H3,(H,20,22). The van der Waals surface area contributed by atoms with E-state index >= 15 is 0 Å². The van der Waals surface area contributed by atoms with Gasteiger partial charge in [-0.25, -0.2) is 8.42 Å². The molecular formula is C18H21N3O3S. The third-order valence-corrected chi connectivity index (χ3v) is 5.61. The molecular weight excluding hydrogens is 338 g/mol. The fourth-order valence-corrected chi connectivity index (χ4v) is 3.80. The monoisotopic (exact) mass is 359 g/mol. The van der Waals surface area contributed by atoms with Crippen LogP contribution in [0, 0.1) is 0 Å². The molecule has 2 heterocycles. The van der Waals surface area contributed by atoms with E-state index < -0.39 is 10.0 Å². The van der Waals surface area contributed by atoms with Crippen molar-refractivity contribution in [2.24, 2.45) is 0 Å². The van der Waals surface area contributed by atoms with E-state index in [9.17, 15) is 13.2 Å². The number of nitrogens with zero attached hydrogens (tertiary/aromatic N) is 2. The van der Waals surface area contributed by atoms with Crippen LogP contribution in [0.5, 0.6) is 0 Å². The topological polar surface area (TPSA) is 79.4 Å². The van der Waals surface area contributed by atoms with Gasteiger partial charge in [0.15, 0.2) is 0 Å². The van der Waals surface area contributed by atoms with Gasteiger partial charge >= 0.3 is 0 Å². The number of nitrogens with one attached hydrogen (secondary N) is 1. The summed E-state index contributed by atoms with van der Waals surface area (Å²) in [6, 6.07) is 9.96. The highest BCUT2D eigenvalue weighted by Crippen LogP contribution is 2.23. The zero-order valence-electron chi connectivity index (χ0n) is 14.1. The smallest absolute Gasteiger partial charge is 0.253 e. The Morgan fingerprint density at radius 2 is 2.00 bits per heavy atom. The molecule has 0 aliphatic carbocycles. The minimum absolute atomic E-state index is 0.159. The van der Waals surface area contributed by atoms with E-state index in [-0.39, 0.29) is 12.5 Å². The van der Waals surface area contributed by atoms with Gasteiger partial charge in [-0.3, -0.25) is 9.78 Å². The second-order valence-electron chi connectivity index (χ2n) is 6.16. The average molecular weight is 359 g/mol. The summed E-state index contributed by atoms with van der Waals surface area (Å²) in [5, 5.41) is 2.93. The van der Waals surface area contributed by atoms with E-state index in [0.717, 1.165) is 17.5 Å². The summed E-state index contributed by atoms with van der Waals surface area (Å²) in [6.07, 6.45) is 5.69. The van der Waals surface area contributed by atoms with E-state index in [4.69, 9.17) is 0 Å². The van der Waals surface area contributed by atoms with Crippen molar-refractivity contribution in [2.45, 2.75) is 19.4 Å². The van der Waals surface area contributed by atoms with Crippen molar-refractivity contribution in [1.82, 2.24) is 14.6 Å². The molecule has 25 heavy (non-hydrogen) atoms. The molecule has 0 radical (unpaired) electrons. The van der Waals surface area contributed by atoms with Crippen LogP contribution in [0.2, 0.25) is 0 Å². The first-order chi connectivity index (χ1) is 11.9. The van der Waals surface area contributed by atoms with Crippen LogP contribution in [-0.2, 0) is 29.4 Å². The maximum Gasteiger partial charge on any atom is 0.253 e. The third-order valence-electron chi connectivity index (χ3n) is 4.36. The third kappa shape index (κ3) is 4.24. The van der Waals surface area contributed by atoms with Crippen molar-refractivity contribution >= 4 is 15.9 Å². The lowest BCUT2D eigenvalue weighted by molar-refractivity contribution is 0.0952. The molecule has 0 spiro atoms. The van der Waals surface area contributed by atoms with Crippen molar-refractivity contribution in [1.29, 1.82) is 0 Å². The maximum atomic E-state index is 12.5. The highest BCUT2D eigenvalue weighted by Gasteiger charge is 2.26. The van der Waals surface area contributed by atoms with Gasteiger partial charge in [0, 0.05) is 32.0 Å². The largest absolute Gasteiger partial charge is 0.352 e. The molecule has 3 rings (SSSR count). The summed E-state index contributed by atoms with van der Waals surface area (Å²) in [5.41, 5.74) is 3.40. The first-order valence-corrected chi connectivity index (χ1v) is 10.0. The minimum atomic E-state index is -3.24. The van der Waals surface area contributed by atoms with Gasteiger partial charge in [-0.15, -0.1) is 0 Å². The van der Waals surface area contributed by atoms with Crippen molar-refractivity contribution in [3.8, 4) is 0 Å². The second-order valence-corrected chi connectivity index (χ2v) is 8.15. The zero-order chi connectivity index (χ0) is 17.9. The zero-order valence-corrected chi connectivity index (χ0v) is 14.9. The number of carbonyl (C=O) groups excluding carboxylic acids is 1. The van der Waals surface area contributed by atoms with Gasteiger partial charge in [0.1, 0.15) is 0 Å². The van der Waals surface area contributed by atoms with Crippen LogP contribution < -0.4 is 5.32 Å². The number of rotatable bonds is 5. The predicted molar refractivity (Wildman–Crippen MR) is 95.7 cm³/mol. The highest BCUT2D eigenvalue weighted by molar-refractivity contribution is 7.88. The number of benzene rings is 1. The van der Waals surface area contributed by atoms with Crippen LogP contribution in [0.1, 0.15) is 27.0 Å². The summed E-state index contributed by atoms with van der Waals surface area (Å²) in [5.74, 6) is -0.159. The number of hydrogen-bond donors (Lipinski definition) is 1. The summed E-state index contributed by atoms with van der Waals surface area (Å²) >= 11 is 0. The van der Waals surface area contributed by atoms with E-state index in [2.05, 4.69) is 10.3 Å².